The fraction of sp³-hybridized carbons (Fsp3) is 0.600. The van der Waals surface area contributed by atoms with Gasteiger partial charge in [-0.05, 0) is 26.3 Å². The maximum atomic E-state index is 4.34. The molecule has 0 saturated heterocycles. The largest absolute Gasteiger partial charge is 0.317 e. The average Bonchev–Trinajstić information content (AvgIpc) is 2.67. The second kappa shape index (κ2) is 3.83. The average molecular weight is 177 g/mol. The molecule has 1 aromatic rings. The maximum Gasteiger partial charge on any atom is 0.0618 e. The van der Waals surface area contributed by atoms with Gasteiger partial charge in [-0.25, -0.2) is 0 Å². The van der Waals surface area contributed by atoms with Crippen molar-refractivity contribution >= 4 is 0 Å². The molecule has 0 spiro atoms. The van der Waals surface area contributed by atoms with Gasteiger partial charge in [0, 0.05) is 30.6 Å². The summed E-state index contributed by atoms with van der Waals surface area (Å²) in [6, 6.07) is 0.673. The number of nitrogens with zero attached hydrogens (tertiary/aromatic N) is 2. The molecule has 3 nitrogen and oxygen atoms in total. The summed E-state index contributed by atoms with van der Waals surface area (Å²) in [5.74, 6) is 0.617. The van der Waals surface area contributed by atoms with Gasteiger partial charge in [-0.1, -0.05) is 0 Å². The Morgan fingerprint density at radius 2 is 2.31 bits per heavy atom. The second-order valence-electron chi connectivity index (χ2n) is 3.63. The molecule has 2 rings (SSSR count). The van der Waals surface area contributed by atoms with Crippen molar-refractivity contribution in [2.45, 2.75) is 31.2 Å². The molecule has 0 aliphatic heterocycles. The van der Waals surface area contributed by atoms with Crippen LogP contribution in [0.25, 0.3) is 0 Å². The van der Waals surface area contributed by atoms with Crippen LogP contribution in [0.1, 0.15) is 30.9 Å². The van der Waals surface area contributed by atoms with E-state index in [4.69, 9.17) is 0 Å². The number of hydrogen-bond donors (Lipinski definition) is 1. The molecule has 1 aromatic heterocycles. The van der Waals surface area contributed by atoms with Crippen molar-refractivity contribution in [3.8, 4) is 0 Å². The van der Waals surface area contributed by atoms with Gasteiger partial charge >= 0.3 is 0 Å². The molecule has 0 amide bonds. The lowest BCUT2D eigenvalue weighted by Crippen LogP contribution is -2.21. The van der Waals surface area contributed by atoms with Gasteiger partial charge in [0.15, 0.2) is 0 Å². The topological polar surface area (TPSA) is 37.8 Å². The van der Waals surface area contributed by atoms with E-state index in [0.29, 0.717) is 12.0 Å². The SMILES string of the molecule is CNC1CCC(c2cnccn2)C1. The van der Waals surface area contributed by atoms with Crippen molar-refractivity contribution < 1.29 is 0 Å². The molecule has 1 heterocycles. The Morgan fingerprint density at radius 1 is 1.38 bits per heavy atom. The van der Waals surface area contributed by atoms with Gasteiger partial charge in [0.2, 0.25) is 0 Å². The lowest BCUT2D eigenvalue weighted by atomic mass is 10.0. The minimum absolute atomic E-state index is 0.617. The third-order valence-electron chi connectivity index (χ3n) is 2.84. The number of aromatic nitrogens is 2. The zero-order valence-electron chi connectivity index (χ0n) is 7.90. The molecule has 1 fully saturated rings. The van der Waals surface area contributed by atoms with Gasteiger partial charge in [-0.3, -0.25) is 9.97 Å². The number of rotatable bonds is 2. The molecular weight excluding hydrogens is 162 g/mol. The van der Waals surface area contributed by atoms with Crippen LogP contribution in [0.2, 0.25) is 0 Å². The van der Waals surface area contributed by atoms with Gasteiger partial charge in [-0.15, -0.1) is 0 Å². The summed E-state index contributed by atoms with van der Waals surface area (Å²) in [6.45, 7) is 0. The highest BCUT2D eigenvalue weighted by molar-refractivity contribution is 5.07. The van der Waals surface area contributed by atoms with E-state index in [2.05, 4.69) is 15.3 Å². The molecule has 0 aromatic carbocycles. The molecule has 1 aliphatic carbocycles. The van der Waals surface area contributed by atoms with E-state index in [9.17, 15) is 0 Å². The van der Waals surface area contributed by atoms with Gasteiger partial charge in [0.1, 0.15) is 0 Å². The molecular formula is C10H15N3. The highest BCUT2D eigenvalue weighted by atomic mass is 14.9. The fourth-order valence-corrected chi connectivity index (χ4v) is 2.03. The molecule has 3 heteroatoms. The minimum atomic E-state index is 0.617. The van der Waals surface area contributed by atoms with Gasteiger partial charge < -0.3 is 5.32 Å². The quantitative estimate of drug-likeness (QED) is 0.740. The van der Waals surface area contributed by atoms with Crippen LogP contribution in [0, 0.1) is 0 Å². The summed E-state index contributed by atoms with van der Waals surface area (Å²) >= 11 is 0. The molecule has 0 bridgehead atoms. The van der Waals surface area contributed by atoms with Crippen LogP contribution in [-0.2, 0) is 0 Å². The van der Waals surface area contributed by atoms with Crippen LogP contribution in [-0.4, -0.2) is 23.1 Å². The molecule has 70 valence electrons. The lowest BCUT2D eigenvalue weighted by Gasteiger charge is -2.08. The normalized spacial score (nSPS) is 27.8. The van der Waals surface area contributed by atoms with Crippen LogP contribution in [0.15, 0.2) is 18.6 Å². The zero-order chi connectivity index (χ0) is 9.10. The van der Waals surface area contributed by atoms with Crippen LogP contribution in [0.3, 0.4) is 0 Å². The Balaban J connectivity index is 2.04. The predicted octanol–water partition coefficient (Wildman–Crippen LogP) is 1.33. The standard InChI is InChI=1S/C10H15N3/c1-11-9-3-2-8(6-9)10-7-12-4-5-13-10/h4-5,7-9,11H,2-3,6H2,1H3. The Morgan fingerprint density at radius 3 is 2.92 bits per heavy atom. The summed E-state index contributed by atoms with van der Waals surface area (Å²) in [6.07, 6.45) is 9.11. The van der Waals surface area contributed by atoms with E-state index in [1.54, 1.807) is 12.4 Å². The first kappa shape index (κ1) is 8.63. The summed E-state index contributed by atoms with van der Waals surface area (Å²) < 4.78 is 0. The van der Waals surface area contributed by atoms with Crippen molar-refractivity contribution in [3.63, 3.8) is 0 Å². The fourth-order valence-electron chi connectivity index (χ4n) is 2.03. The first-order valence-electron chi connectivity index (χ1n) is 4.83. The number of nitrogens with one attached hydrogen (secondary N) is 1. The summed E-state index contributed by atoms with van der Waals surface area (Å²) in [5, 5.41) is 3.32. The third-order valence-corrected chi connectivity index (χ3v) is 2.84. The molecule has 2 unspecified atom stereocenters. The third kappa shape index (κ3) is 1.86. The predicted molar refractivity (Wildman–Crippen MR) is 51.5 cm³/mol. The summed E-state index contributed by atoms with van der Waals surface area (Å²) in [4.78, 5) is 8.44. The van der Waals surface area contributed by atoms with E-state index in [-0.39, 0.29) is 0 Å². The van der Waals surface area contributed by atoms with E-state index >= 15 is 0 Å². The first-order chi connectivity index (χ1) is 6.40. The highest BCUT2D eigenvalue weighted by Gasteiger charge is 2.25. The lowest BCUT2D eigenvalue weighted by molar-refractivity contribution is 0.568. The van der Waals surface area contributed by atoms with Crippen molar-refractivity contribution in [2.75, 3.05) is 7.05 Å². The van der Waals surface area contributed by atoms with Crippen LogP contribution < -0.4 is 5.32 Å². The monoisotopic (exact) mass is 177 g/mol. The summed E-state index contributed by atoms with van der Waals surface area (Å²) in [5.41, 5.74) is 1.15. The van der Waals surface area contributed by atoms with Crippen LogP contribution >= 0.6 is 0 Å². The van der Waals surface area contributed by atoms with Gasteiger partial charge in [0.05, 0.1) is 5.69 Å². The Labute approximate surface area is 78.6 Å². The zero-order valence-corrected chi connectivity index (χ0v) is 7.90. The molecule has 1 aliphatic rings. The van der Waals surface area contributed by atoms with Crippen molar-refractivity contribution in [1.82, 2.24) is 15.3 Å². The maximum absolute atomic E-state index is 4.34. The highest BCUT2D eigenvalue weighted by Crippen LogP contribution is 2.32. The first-order valence-corrected chi connectivity index (χ1v) is 4.83. The molecule has 2 atom stereocenters. The molecule has 1 N–H and O–H groups in total. The van der Waals surface area contributed by atoms with E-state index in [1.165, 1.54) is 19.3 Å². The molecule has 13 heavy (non-hydrogen) atoms. The van der Waals surface area contributed by atoms with Crippen molar-refractivity contribution in [3.05, 3.63) is 24.3 Å². The minimum Gasteiger partial charge on any atom is -0.317 e. The second-order valence-corrected chi connectivity index (χ2v) is 3.63. The van der Waals surface area contributed by atoms with E-state index in [0.717, 1.165) is 5.69 Å². The van der Waals surface area contributed by atoms with Crippen LogP contribution in [0.5, 0.6) is 0 Å². The number of hydrogen-bond acceptors (Lipinski definition) is 3. The van der Waals surface area contributed by atoms with Gasteiger partial charge in [-0.2, -0.15) is 0 Å². The van der Waals surface area contributed by atoms with Crippen molar-refractivity contribution in [2.24, 2.45) is 0 Å². The van der Waals surface area contributed by atoms with E-state index in [1.807, 2.05) is 13.2 Å². The Kier molecular flexibility index (Phi) is 2.54. The molecule has 1 saturated carbocycles. The van der Waals surface area contributed by atoms with Crippen molar-refractivity contribution in [1.29, 1.82) is 0 Å². The van der Waals surface area contributed by atoms with E-state index < -0.39 is 0 Å². The Hall–Kier alpha value is -0.960. The Bertz CT molecular complexity index is 260. The van der Waals surface area contributed by atoms with Gasteiger partial charge in [0.25, 0.3) is 0 Å². The summed E-state index contributed by atoms with van der Waals surface area (Å²) in [7, 11) is 2.03. The molecule has 0 radical (unpaired) electrons. The van der Waals surface area contributed by atoms with Crippen LogP contribution in [0.4, 0.5) is 0 Å². The smallest absolute Gasteiger partial charge is 0.0618 e.